The number of rotatable bonds is 6. The number of aromatic nitrogens is 2. The van der Waals surface area contributed by atoms with Gasteiger partial charge in [-0.1, -0.05) is 12.1 Å². The predicted octanol–water partition coefficient (Wildman–Crippen LogP) is 1.99. The summed E-state index contributed by atoms with van der Waals surface area (Å²) in [4.78, 5) is 32.3. The molecule has 3 aromatic rings. The van der Waals surface area contributed by atoms with Gasteiger partial charge in [-0.15, -0.1) is 0 Å². The quantitative estimate of drug-likeness (QED) is 0.566. The summed E-state index contributed by atoms with van der Waals surface area (Å²) in [6.45, 7) is 6.08. The van der Waals surface area contributed by atoms with Crippen LogP contribution in [-0.4, -0.2) is 64.9 Å². The van der Waals surface area contributed by atoms with Gasteiger partial charge in [-0.2, -0.15) is 0 Å². The van der Waals surface area contributed by atoms with Crippen molar-refractivity contribution < 1.29 is 19.0 Å². The van der Waals surface area contributed by atoms with E-state index in [4.69, 9.17) is 4.74 Å². The number of fused-ring (bicyclic) bond motifs is 1. The van der Waals surface area contributed by atoms with Crippen LogP contribution in [0.3, 0.4) is 0 Å². The minimum absolute atomic E-state index is 0.0738. The van der Waals surface area contributed by atoms with Crippen LogP contribution in [-0.2, 0) is 11.3 Å². The molecular formula is C23H25FN4O4. The molecule has 1 aliphatic rings. The highest BCUT2D eigenvalue weighted by atomic mass is 19.1. The second-order valence-corrected chi connectivity index (χ2v) is 7.59. The highest BCUT2D eigenvalue weighted by molar-refractivity contribution is 5.99. The Kier molecular flexibility index (Phi) is 6.48. The average Bonchev–Trinajstić information content (AvgIpc) is 2.80. The number of hydrogen-bond acceptors (Lipinski definition) is 7. The Morgan fingerprint density at radius 3 is 2.59 bits per heavy atom. The first kappa shape index (κ1) is 21.9. The van der Waals surface area contributed by atoms with Crippen LogP contribution in [0.5, 0.6) is 5.75 Å². The van der Waals surface area contributed by atoms with Gasteiger partial charge in [-0.25, -0.2) is 14.2 Å². The van der Waals surface area contributed by atoms with Crippen LogP contribution in [0.1, 0.15) is 17.3 Å². The monoisotopic (exact) mass is 440 g/mol. The fourth-order valence-corrected chi connectivity index (χ4v) is 3.89. The molecule has 2 aromatic heterocycles. The van der Waals surface area contributed by atoms with Crippen molar-refractivity contribution in [3.05, 3.63) is 58.3 Å². The summed E-state index contributed by atoms with van der Waals surface area (Å²) in [6.07, 6.45) is 1.57. The molecule has 1 fully saturated rings. The molecule has 0 aliphatic carbocycles. The van der Waals surface area contributed by atoms with Gasteiger partial charge in [-0.3, -0.25) is 14.3 Å². The zero-order valence-electron chi connectivity index (χ0n) is 17.8. The fraction of sp³-hybridized carbons (Fsp3) is 0.348. The lowest BCUT2D eigenvalue weighted by atomic mass is 10.0. The maximum absolute atomic E-state index is 13.3. The molecule has 9 heteroatoms. The zero-order valence-corrected chi connectivity index (χ0v) is 17.8. The first-order valence-corrected chi connectivity index (χ1v) is 10.6. The van der Waals surface area contributed by atoms with E-state index in [0.29, 0.717) is 24.2 Å². The third-order valence-electron chi connectivity index (χ3n) is 5.58. The third-order valence-corrected chi connectivity index (χ3v) is 5.58. The Hall–Kier alpha value is -3.30. The van der Waals surface area contributed by atoms with Crippen LogP contribution in [0.25, 0.3) is 22.2 Å². The van der Waals surface area contributed by atoms with E-state index in [9.17, 15) is 19.1 Å². The number of nitrogens with one attached hydrogen (secondary N) is 1. The van der Waals surface area contributed by atoms with E-state index in [0.717, 1.165) is 26.2 Å². The van der Waals surface area contributed by atoms with Crippen LogP contribution < -0.4 is 10.9 Å². The summed E-state index contributed by atoms with van der Waals surface area (Å²) >= 11 is 0. The number of ether oxygens (including phenoxy) is 1. The number of benzene rings is 1. The van der Waals surface area contributed by atoms with Crippen LogP contribution in [0.15, 0.2) is 41.3 Å². The number of aromatic hydroxyl groups is 1. The molecule has 0 radical (unpaired) electrons. The van der Waals surface area contributed by atoms with Gasteiger partial charge >= 0.3 is 5.97 Å². The summed E-state index contributed by atoms with van der Waals surface area (Å²) in [7, 11) is 0. The van der Waals surface area contributed by atoms with E-state index < -0.39 is 22.8 Å². The Morgan fingerprint density at radius 2 is 1.91 bits per heavy atom. The molecule has 1 aromatic carbocycles. The Balaban J connectivity index is 1.83. The Bertz CT molecular complexity index is 1190. The van der Waals surface area contributed by atoms with E-state index in [2.05, 4.69) is 15.2 Å². The number of carbonyl (C=O) groups is 1. The summed E-state index contributed by atoms with van der Waals surface area (Å²) in [5.41, 5.74) is 0.552. The lowest BCUT2D eigenvalue weighted by Gasteiger charge is -2.27. The van der Waals surface area contributed by atoms with Crippen LogP contribution in [0.4, 0.5) is 4.39 Å². The van der Waals surface area contributed by atoms with Crippen molar-refractivity contribution in [2.45, 2.75) is 13.5 Å². The summed E-state index contributed by atoms with van der Waals surface area (Å²) in [5.74, 6) is -1.70. The van der Waals surface area contributed by atoms with Crippen LogP contribution in [0.2, 0.25) is 0 Å². The lowest BCUT2D eigenvalue weighted by Crippen LogP contribution is -2.45. The number of esters is 1. The average molecular weight is 440 g/mol. The number of pyridine rings is 2. The minimum atomic E-state index is -0.875. The molecule has 8 nitrogen and oxygen atoms in total. The van der Waals surface area contributed by atoms with E-state index in [1.54, 1.807) is 31.3 Å². The second kappa shape index (κ2) is 9.46. The molecule has 1 aliphatic heterocycles. The number of piperazine rings is 1. The molecule has 4 rings (SSSR count). The zero-order chi connectivity index (χ0) is 22.7. The summed E-state index contributed by atoms with van der Waals surface area (Å²) in [5, 5.41) is 14.4. The molecule has 0 atom stereocenters. The van der Waals surface area contributed by atoms with Crippen LogP contribution >= 0.6 is 0 Å². The normalized spacial score (nSPS) is 14.6. The minimum Gasteiger partial charge on any atom is -0.506 e. The highest BCUT2D eigenvalue weighted by Gasteiger charge is 2.25. The van der Waals surface area contributed by atoms with Gasteiger partial charge in [0.15, 0.2) is 5.56 Å². The summed E-state index contributed by atoms with van der Waals surface area (Å²) < 4.78 is 19.8. The molecule has 0 saturated carbocycles. The van der Waals surface area contributed by atoms with Crippen molar-refractivity contribution in [2.75, 3.05) is 39.3 Å². The van der Waals surface area contributed by atoms with E-state index in [-0.39, 0.29) is 23.5 Å². The smallest absolute Gasteiger partial charge is 0.347 e. The van der Waals surface area contributed by atoms with Gasteiger partial charge < -0.3 is 15.2 Å². The largest absolute Gasteiger partial charge is 0.506 e. The molecule has 32 heavy (non-hydrogen) atoms. The maximum atomic E-state index is 13.3. The van der Waals surface area contributed by atoms with Crippen molar-refractivity contribution in [3.63, 3.8) is 0 Å². The van der Waals surface area contributed by atoms with Crippen molar-refractivity contribution >= 4 is 17.0 Å². The fourth-order valence-electron chi connectivity index (χ4n) is 3.89. The number of carbonyl (C=O) groups excluding carboxylic acids is 1. The Labute approximate surface area is 184 Å². The second-order valence-electron chi connectivity index (χ2n) is 7.59. The Morgan fingerprint density at radius 1 is 1.19 bits per heavy atom. The van der Waals surface area contributed by atoms with E-state index >= 15 is 0 Å². The molecular weight excluding hydrogens is 415 g/mol. The third kappa shape index (κ3) is 4.35. The number of hydrogen-bond donors (Lipinski definition) is 2. The molecule has 0 amide bonds. The van der Waals surface area contributed by atoms with Gasteiger partial charge in [0.05, 0.1) is 12.0 Å². The van der Waals surface area contributed by atoms with Gasteiger partial charge in [0.1, 0.15) is 17.2 Å². The van der Waals surface area contributed by atoms with Crippen molar-refractivity contribution in [3.8, 4) is 16.9 Å². The molecule has 0 spiro atoms. The summed E-state index contributed by atoms with van der Waals surface area (Å²) in [6, 6.07) is 7.51. The van der Waals surface area contributed by atoms with Crippen molar-refractivity contribution in [2.24, 2.45) is 0 Å². The van der Waals surface area contributed by atoms with Crippen molar-refractivity contribution in [1.82, 2.24) is 19.8 Å². The molecule has 1 saturated heterocycles. The number of halogens is 1. The molecule has 0 bridgehead atoms. The molecule has 2 N–H and O–H groups in total. The van der Waals surface area contributed by atoms with Gasteiger partial charge in [0.2, 0.25) is 0 Å². The first-order valence-electron chi connectivity index (χ1n) is 10.6. The maximum Gasteiger partial charge on any atom is 0.347 e. The van der Waals surface area contributed by atoms with Gasteiger partial charge in [0, 0.05) is 51.0 Å². The van der Waals surface area contributed by atoms with Gasteiger partial charge in [0.25, 0.3) is 5.56 Å². The highest BCUT2D eigenvalue weighted by Crippen LogP contribution is 2.30. The molecule has 168 valence electrons. The number of nitrogens with zero attached hydrogens (tertiary/aromatic N) is 3. The standard InChI is InChI=1S/C23H25FN4O4/c1-2-32-23(31)19-20(29)18-13-16(15-3-5-17(24)6-4-15)14-26-21(18)28(22(19)30)12-11-27-9-7-25-8-10-27/h3-6,13-14,25,29H,2,7-12H2,1H3. The lowest BCUT2D eigenvalue weighted by molar-refractivity contribution is 0.0520. The SMILES string of the molecule is CCOC(=O)c1c(O)c2cc(-c3ccc(F)cc3)cnc2n(CCN2CCNCC2)c1=O. The van der Waals surface area contributed by atoms with E-state index in [1.165, 1.54) is 16.7 Å². The first-order chi connectivity index (χ1) is 15.5. The van der Waals surface area contributed by atoms with Crippen LogP contribution in [0, 0.1) is 5.82 Å². The molecule has 0 unspecified atom stereocenters. The predicted molar refractivity (Wildman–Crippen MR) is 118 cm³/mol. The molecule has 3 heterocycles. The topological polar surface area (TPSA) is 96.7 Å². The van der Waals surface area contributed by atoms with Crippen molar-refractivity contribution in [1.29, 1.82) is 0 Å². The van der Waals surface area contributed by atoms with E-state index in [1.807, 2.05) is 0 Å². The van der Waals surface area contributed by atoms with Gasteiger partial charge in [-0.05, 0) is 30.7 Å².